The van der Waals surface area contributed by atoms with Gasteiger partial charge in [-0.3, -0.25) is 4.79 Å². The molecule has 4 heteroatoms. The molecular weight excluding hydrogens is 216 g/mol. The minimum Gasteiger partial charge on any atom is -0.444 e. The zero-order valence-electron chi connectivity index (χ0n) is 9.45. The number of nitrogens with zero attached hydrogens (tertiary/aromatic N) is 2. The molecule has 0 amide bonds. The quantitative estimate of drug-likeness (QED) is 0.741. The summed E-state index contributed by atoms with van der Waals surface area (Å²) in [7, 11) is 0. The Morgan fingerprint density at radius 3 is 2.88 bits per heavy atom. The summed E-state index contributed by atoms with van der Waals surface area (Å²) in [5, 5.41) is 9.06. The zero-order valence-corrected chi connectivity index (χ0v) is 9.45. The van der Waals surface area contributed by atoms with Crippen molar-refractivity contribution in [2.24, 2.45) is 0 Å². The zero-order chi connectivity index (χ0) is 12.1. The summed E-state index contributed by atoms with van der Waals surface area (Å²) in [5.74, 6) is 0. The Morgan fingerprint density at radius 2 is 2.24 bits per heavy atom. The highest BCUT2D eigenvalue weighted by molar-refractivity contribution is 5.38. The van der Waals surface area contributed by atoms with Crippen LogP contribution in [-0.2, 0) is 9.53 Å². The van der Waals surface area contributed by atoms with Gasteiger partial charge in [0, 0.05) is 12.1 Å². The van der Waals surface area contributed by atoms with E-state index in [1.807, 2.05) is 35.2 Å². The van der Waals surface area contributed by atoms with Crippen LogP contribution in [0.5, 0.6) is 0 Å². The van der Waals surface area contributed by atoms with Gasteiger partial charge < -0.3 is 4.74 Å². The van der Waals surface area contributed by atoms with Crippen molar-refractivity contribution in [3.8, 4) is 6.07 Å². The Morgan fingerprint density at radius 1 is 1.47 bits per heavy atom. The van der Waals surface area contributed by atoms with E-state index >= 15 is 0 Å². The Bertz CT molecular complexity index is 413. The van der Waals surface area contributed by atoms with E-state index in [9.17, 15) is 4.79 Å². The molecule has 4 nitrogen and oxygen atoms in total. The van der Waals surface area contributed by atoms with Gasteiger partial charge in [-0.05, 0) is 12.8 Å². The Labute approximate surface area is 100 Å². The van der Waals surface area contributed by atoms with E-state index in [-0.39, 0.29) is 6.04 Å². The fraction of sp³-hybridized carbons (Fsp3) is 0.385. The molecule has 2 rings (SSSR count). The van der Waals surface area contributed by atoms with Crippen LogP contribution in [0.1, 0.15) is 24.6 Å². The van der Waals surface area contributed by atoms with Gasteiger partial charge in [0.25, 0.3) is 6.47 Å². The van der Waals surface area contributed by atoms with Crippen LogP contribution < -0.4 is 0 Å². The second-order valence-corrected chi connectivity index (χ2v) is 4.02. The molecule has 1 fully saturated rings. The minimum absolute atomic E-state index is 0.167. The van der Waals surface area contributed by atoms with Gasteiger partial charge in [0.15, 0.2) is 6.23 Å². The maximum atomic E-state index is 10.6. The van der Waals surface area contributed by atoms with Crippen molar-refractivity contribution in [3.63, 3.8) is 0 Å². The summed E-state index contributed by atoms with van der Waals surface area (Å²) in [6.07, 6.45) is 1.35. The molecule has 0 spiro atoms. The maximum absolute atomic E-state index is 10.6. The van der Waals surface area contributed by atoms with E-state index < -0.39 is 6.23 Å². The van der Waals surface area contributed by atoms with Crippen LogP contribution in [0.2, 0.25) is 0 Å². The molecule has 2 atom stereocenters. The number of carbonyl (C=O) groups is 1. The lowest BCUT2D eigenvalue weighted by molar-refractivity contribution is -0.144. The molecule has 0 N–H and O–H groups in total. The number of hydrogen-bond donors (Lipinski definition) is 0. The molecule has 0 radical (unpaired) electrons. The van der Waals surface area contributed by atoms with Crippen LogP contribution in [0, 0.1) is 11.3 Å². The highest BCUT2D eigenvalue weighted by Crippen LogP contribution is 2.29. The maximum Gasteiger partial charge on any atom is 0.294 e. The van der Waals surface area contributed by atoms with Crippen molar-refractivity contribution >= 4 is 6.47 Å². The first-order valence-corrected chi connectivity index (χ1v) is 5.66. The molecule has 0 saturated carbocycles. The normalized spacial score (nSPS) is 21.7. The fourth-order valence-corrected chi connectivity index (χ4v) is 2.23. The van der Waals surface area contributed by atoms with Gasteiger partial charge >= 0.3 is 0 Å². The van der Waals surface area contributed by atoms with E-state index in [4.69, 9.17) is 10.00 Å². The van der Waals surface area contributed by atoms with Crippen LogP contribution >= 0.6 is 0 Å². The van der Waals surface area contributed by atoms with Crippen molar-refractivity contribution in [2.45, 2.75) is 25.1 Å². The average molecular weight is 230 g/mol. The highest BCUT2D eigenvalue weighted by Gasteiger charge is 2.32. The second kappa shape index (κ2) is 5.46. The molecule has 1 aromatic rings. The molecule has 0 aromatic heterocycles. The van der Waals surface area contributed by atoms with Gasteiger partial charge in [-0.2, -0.15) is 5.26 Å². The molecule has 0 aliphatic carbocycles. The number of nitriles is 1. The van der Waals surface area contributed by atoms with Gasteiger partial charge in [0.1, 0.15) is 6.04 Å². The first kappa shape index (κ1) is 11.6. The third-order valence-electron chi connectivity index (χ3n) is 3.01. The molecule has 1 aliphatic rings. The Balaban J connectivity index is 2.23. The number of benzene rings is 1. The fourth-order valence-electron chi connectivity index (χ4n) is 2.23. The second-order valence-electron chi connectivity index (χ2n) is 4.02. The molecule has 1 aromatic carbocycles. The molecule has 2 unspecified atom stereocenters. The summed E-state index contributed by atoms with van der Waals surface area (Å²) in [6.45, 7) is 1.23. The van der Waals surface area contributed by atoms with Crippen molar-refractivity contribution in [2.75, 3.05) is 6.54 Å². The third kappa shape index (κ3) is 2.45. The van der Waals surface area contributed by atoms with Crippen LogP contribution in [0.4, 0.5) is 0 Å². The number of rotatable bonds is 4. The van der Waals surface area contributed by atoms with Crippen molar-refractivity contribution in [1.82, 2.24) is 4.90 Å². The summed E-state index contributed by atoms with van der Waals surface area (Å²) >= 11 is 0. The topological polar surface area (TPSA) is 53.3 Å². The van der Waals surface area contributed by atoms with Crippen LogP contribution in [0.25, 0.3) is 0 Å². The van der Waals surface area contributed by atoms with Crippen molar-refractivity contribution in [3.05, 3.63) is 35.9 Å². The molecule has 1 aliphatic heterocycles. The van der Waals surface area contributed by atoms with E-state index in [2.05, 4.69) is 6.07 Å². The summed E-state index contributed by atoms with van der Waals surface area (Å²) in [5.41, 5.74) is 0.904. The third-order valence-corrected chi connectivity index (χ3v) is 3.01. The number of hydrogen-bond acceptors (Lipinski definition) is 4. The number of carbonyl (C=O) groups excluding carboxylic acids is 1. The number of ether oxygens (including phenoxy) is 1. The summed E-state index contributed by atoms with van der Waals surface area (Å²) < 4.78 is 5.14. The molecule has 1 heterocycles. The first-order chi connectivity index (χ1) is 8.36. The largest absolute Gasteiger partial charge is 0.444 e. The van der Waals surface area contributed by atoms with Crippen LogP contribution in [-0.4, -0.2) is 24.0 Å². The van der Waals surface area contributed by atoms with Gasteiger partial charge in [0.2, 0.25) is 0 Å². The Hall–Kier alpha value is -1.86. The van der Waals surface area contributed by atoms with Crippen molar-refractivity contribution < 1.29 is 9.53 Å². The van der Waals surface area contributed by atoms with E-state index in [0.29, 0.717) is 6.47 Å². The monoisotopic (exact) mass is 230 g/mol. The van der Waals surface area contributed by atoms with E-state index in [1.54, 1.807) is 0 Å². The smallest absolute Gasteiger partial charge is 0.294 e. The van der Waals surface area contributed by atoms with Gasteiger partial charge in [-0.25, -0.2) is 4.90 Å². The molecule has 1 saturated heterocycles. The SMILES string of the molecule is N#CC1CCCN1C(OC=O)c1ccccc1. The first-order valence-electron chi connectivity index (χ1n) is 5.66. The van der Waals surface area contributed by atoms with Gasteiger partial charge in [0.05, 0.1) is 6.07 Å². The summed E-state index contributed by atoms with van der Waals surface area (Å²) in [6, 6.07) is 11.6. The van der Waals surface area contributed by atoms with E-state index in [0.717, 1.165) is 24.9 Å². The minimum atomic E-state index is -0.444. The lowest BCUT2D eigenvalue weighted by Crippen LogP contribution is -2.34. The predicted octanol–water partition coefficient (Wildman–Crippen LogP) is 1.85. The average Bonchev–Trinajstić information content (AvgIpc) is 2.85. The molecular formula is C13H14N2O2. The van der Waals surface area contributed by atoms with Crippen LogP contribution in [0.15, 0.2) is 30.3 Å². The summed E-state index contributed by atoms with van der Waals surface area (Å²) in [4.78, 5) is 12.5. The number of likely N-dealkylation sites (tertiary alicyclic amines) is 1. The molecule has 17 heavy (non-hydrogen) atoms. The molecule has 88 valence electrons. The van der Waals surface area contributed by atoms with Crippen LogP contribution in [0.3, 0.4) is 0 Å². The van der Waals surface area contributed by atoms with Gasteiger partial charge in [-0.15, -0.1) is 0 Å². The standard InChI is InChI=1S/C13H14N2O2/c14-9-12-7-4-8-15(12)13(17-10-16)11-5-2-1-3-6-11/h1-3,5-6,10,12-13H,4,7-8H2. The molecule has 0 bridgehead atoms. The van der Waals surface area contributed by atoms with Gasteiger partial charge in [-0.1, -0.05) is 30.3 Å². The lowest BCUT2D eigenvalue weighted by Gasteiger charge is -2.28. The van der Waals surface area contributed by atoms with E-state index in [1.165, 1.54) is 0 Å². The lowest BCUT2D eigenvalue weighted by atomic mass is 10.1. The van der Waals surface area contributed by atoms with Crippen molar-refractivity contribution in [1.29, 1.82) is 5.26 Å². The predicted molar refractivity (Wildman–Crippen MR) is 61.7 cm³/mol. The highest BCUT2D eigenvalue weighted by atomic mass is 16.5. The Kier molecular flexibility index (Phi) is 3.73.